The van der Waals surface area contributed by atoms with Crippen molar-refractivity contribution in [3.8, 4) is 0 Å². The van der Waals surface area contributed by atoms with Gasteiger partial charge in [0.25, 0.3) is 0 Å². The zero-order valence-electron chi connectivity index (χ0n) is 28.5. The van der Waals surface area contributed by atoms with Crippen molar-refractivity contribution < 1.29 is 0 Å². The van der Waals surface area contributed by atoms with E-state index in [0.29, 0.717) is 5.54 Å². The summed E-state index contributed by atoms with van der Waals surface area (Å²) in [6.07, 6.45) is 5.29. The van der Waals surface area contributed by atoms with Gasteiger partial charge in [-0.15, -0.1) is 0 Å². The van der Waals surface area contributed by atoms with Gasteiger partial charge in [-0.1, -0.05) is 127 Å². The second kappa shape index (κ2) is 9.38. The minimum atomic E-state index is -1.93. The molecule has 0 spiro atoms. The second-order valence-corrected chi connectivity index (χ2v) is 80.7. The molecule has 0 amide bonds. The lowest BCUT2D eigenvalue weighted by Crippen LogP contribution is -2.99. The van der Waals surface area contributed by atoms with Crippen LogP contribution in [0.3, 0.4) is 0 Å². The molecule has 6 heteroatoms. The lowest BCUT2D eigenvalue weighted by atomic mass is 9.69. The van der Waals surface area contributed by atoms with Crippen molar-refractivity contribution in [3.63, 3.8) is 0 Å². The Kier molecular flexibility index (Phi) is 7.96. The first-order chi connectivity index (χ1) is 16.8. The first-order valence-corrected chi connectivity index (χ1v) is 38.2. The fraction of sp³-hybridized carbons (Fsp3) is 0.625. The molecule has 0 aromatic heterocycles. The summed E-state index contributed by atoms with van der Waals surface area (Å²) in [6.45, 7) is 45.3. The highest BCUT2D eigenvalue weighted by atomic mass is 30.2. The van der Waals surface area contributed by atoms with E-state index in [0.717, 1.165) is 0 Å². The molecular weight excluding hydrogens is 553 g/mol. The van der Waals surface area contributed by atoms with Gasteiger partial charge in [-0.05, 0) is 68.0 Å². The van der Waals surface area contributed by atoms with Crippen LogP contribution in [0.5, 0.6) is 0 Å². The van der Waals surface area contributed by atoms with E-state index in [-0.39, 0.29) is 5.41 Å². The quantitative estimate of drug-likeness (QED) is 0.290. The number of fused-ring (bicyclic) bond motifs is 1. The molecular formula is C32H60Si6. The number of aryl methyl sites for hydroxylation is 3. The fourth-order valence-corrected chi connectivity index (χ4v) is 237. The molecule has 0 saturated carbocycles. The van der Waals surface area contributed by atoms with Crippen molar-refractivity contribution in [2.24, 2.45) is 5.41 Å². The molecule has 1 aromatic rings. The maximum atomic E-state index is 3.22. The molecule has 1 aliphatic heterocycles. The second-order valence-electron chi connectivity index (χ2n) is 17.4. The van der Waals surface area contributed by atoms with Gasteiger partial charge >= 0.3 is 0 Å². The lowest BCUT2D eigenvalue weighted by Gasteiger charge is -2.75. The number of allylic oxidation sites excluding steroid dienone is 5. The largest absolute Gasteiger partial charge is 0.0978 e. The molecule has 2 atom stereocenters. The molecule has 212 valence electrons. The Labute approximate surface area is 242 Å². The van der Waals surface area contributed by atoms with Crippen molar-refractivity contribution in [1.29, 1.82) is 0 Å². The van der Waals surface area contributed by atoms with Gasteiger partial charge in [0, 0.05) is 42.4 Å². The van der Waals surface area contributed by atoms with Crippen LogP contribution in [-0.4, -0.2) is 43.6 Å². The maximum Gasteiger partial charge on any atom is 0.0570 e. The average Bonchev–Trinajstić information content (AvgIpc) is 2.62. The van der Waals surface area contributed by atoms with Gasteiger partial charge in [-0.25, -0.2) is 0 Å². The van der Waals surface area contributed by atoms with Crippen molar-refractivity contribution in [2.75, 3.05) is 0 Å². The number of rotatable bonds is 5. The third-order valence-corrected chi connectivity index (χ3v) is 137. The monoisotopic (exact) mass is 612 g/mol. The van der Waals surface area contributed by atoms with Crippen LogP contribution in [0, 0.1) is 26.2 Å². The van der Waals surface area contributed by atoms with E-state index >= 15 is 0 Å². The highest BCUT2D eigenvalue weighted by Crippen LogP contribution is 2.65. The van der Waals surface area contributed by atoms with E-state index in [1.54, 1.807) is 27.8 Å². The summed E-state index contributed by atoms with van der Waals surface area (Å²) in [4.78, 5) is 0. The van der Waals surface area contributed by atoms with Gasteiger partial charge in [0.05, 0.1) is 6.63 Å². The zero-order valence-corrected chi connectivity index (χ0v) is 34.5. The Morgan fingerprint density at radius 1 is 0.658 bits per heavy atom. The van der Waals surface area contributed by atoms with Crippen LogP contribution in [0.2, 0.25) is 78.6 Å². The SMILES string of the molecule is CC1=CC2(C)C(=C[Si]([Si](C)(C)C)([Si](C)(C)C)[Si]([Si](C)(C)C)([Si](C)(C)C)C2c2c(C)cc(C)cc2C)C(C)=C1. The zero-order chi connectivity index (χ0) is 29.7. The number of benzene rings is 1. The predicted octanol–water partition coefficient (Wildman–Crippen LogP) is 10.3. The van der Waals surface area contributed by atoms with Crippen molar-refractivity contribution >= 4 is 43.6 Å². The van der Waals surface area contributed by atoms with E-state index in [1.807, 2.05) is 0 Å². The Bertz CT molecular complexity index is 1170. The number of hydrogen-bond acceptors (Lipinski definition) is 0. The summed E-state index contributed by atoms with van der Waals surface area (Å²) in [7, 11) is -6.39. The highest BCUT2D eigenvalue weighted by molar-refractivity contribution is 8.10. The van der Waals surface area contributed by atoms with Crippen LogP contribution in [0.15, 0.2) is 46.7 Å². The maximum absolute atomic E-state index is 3.22. The molecule has 2 unspecified atom stereocenters. The van der Waals surface area contributed by atoms with Gasteiger partial charge in [0.15, 0.2) is 0 Å². The van der Waals surface area contributed by atoms with Crippen molar-refractivity contribution in [2.45, 2.75) is 126 Å². The van der Waals surface area contributed by atoms with Gasteiger partial charge in [0.1, 0.15) is 0 Å². The molecule has 0 saturated heterocycles. The van der Waals surface area contributed by atoms with Gasteiger partial charge < -0.3 is 0 Å². The van der Waals surface area contributed by atoms with Gasteiger partial charge in [-0.2, -0.15) is 0 Å². The van der Waals surface area contributed by atoms with Crippen LogP contribution in [-0.2, 0) is 0 Å². The molecule has 0 bridgehead atoms. The molecule has 1 aromatic carbocycles. The molecule has 1 heterocycles. The van der Waals surface area contributed by atoms with E-state index in [9.17, 15) is 0 Å². The Morgan fingerprint density at radius 3 is 1.45 bits per heavy atom. The van der Waals surface area contributed by atoms with Crippen molar-refractivity contribution in [1.82, 2.24) is 0 Å². The van der Waals surface area contributed by atoms with Crippen LogP contribution in [0.4, 0.5) is 0 Å². The molecule has 1 aliphatic carbocycles. The summed E-state index contributed by atoms with van der Waals surface area (Å²) in [5.41, 5.74) is 15.2. The van der Waals surface area contributed by atoms with E-state index in [2.05, 4.69) is 150 Å². The van der Waals surface area contributed by atoms with E-state index in [1.165, 1.54) is 11.1 Å². The fourth-order valence-electron chi connectivity index (χ4n) is 11.0. The van der Waals surface area contributed by atoms with Crippen LogP contribution >= 0.6 is 0 Å². The highest BCUT2D eigenvalue weighted by Gasteiger charge is 2.79. The minimum Gasteiger partial charge on any atom is -0.0978 e. The minimum absolute atomic E-state index is 0.0935. The first-order valence-electron chi connectivity index (χ1n) is 15.0. The first kappa shape index (κ1) is 32.3. The van der Waals surface area contributed by atoms with Gasteiger partial charge in [0.2, 0.25) is 0 Å². The summed E-state index contributed by atoms with van der Waals surface area (Å²) in [6, 6.07) is 5.07. The summed E-state index contributed by atoms with van der Waals surface area (Å²) < 4.78 is 0. The molecule has 3 rings (SSSR count). The average molecular weight is 613 g/mol. The van der Waals surface area contributed by atoms with Crippen LogP contribution < -0.4 is 0 Å². The van der Waals surface area contributed by atoms with Gasteiger partial charge in [-0.3, -0.25) is 0 Å². The molecule has 2 aliphatic rings. The molecule has 0 nitrogen and oxygen atoms in total. The topological polar surface area (TPSA) is 0 Å². The van der Waals surface area contributed by atoms with E-state index < -0.39 is 43.6 Å². The molecule has 0 N–H and O–H groups in total. The number of hydrogen-bond donors (Lipinski definition) is 0. The summed E-state index contributed by atoms with van der Waals surface area (Å²) >= 11 is 0. The molecule has 38 heavy (non-hydrogen) atoms. The molecule has 0 fully saturated rings. The van der Waals surface area contributed by atoms with Crippen LogP contribution in [0.1, 0.15) is 48.6 Å². The summed E-state index contributed by atoms with van der Waals surface area (Å²) in [5, 5.41) is 0. The Hall–Kier alpha value is -0.259. The normalized spacial score (nSPS) is 25.8. The third-order valence-electron chi connectivity index (χ3n) is 10.8. The lowest BCUT2D eigenvalue weighted by molar-refractivity contribution is 0.479. The molecule has 0 radical (unpaired) electrons. The van der Waals surface area contributed by atoms with Crippen LogP contribution in [0.25, 0.3) is 0 Å². The smallest absolute Gasteiger partial charge is 0.0570 e. The Balaban J connectivity index is 2.88. The van der Waals surface area contributed by atoms with E-state index in [4.69, 9.17) is 0 Å². The predicted molar refractivity (Wildman–Crippen MR) is 192 cm³/mol. The standard InChI is InChI=1S/C32H60Si6/c1-24-19-27(4)30(28(5)20-24)31-32(6)22-25(2)21-26(3)29(32)23-37(33(7,8)9,34(10,11)12)38(31,35(13,14)15)36(16,17)18/h19-23,31H,1-18H3. The Morgan fingerprint density at radius 2 is 1.08 bits per heavy atom. The van der Waals surface area contributed by atoms with Crippen molar-refractivity contribution in [3.05, 3.63) is 69.0 Å². The third kappa shape index (κ3) is 4.25. The summed E-state index contributed by atoms with van der Waals surface area (Å²) in [5.74, 6) is 0.